The zero-order chi connectivity index (χ0) is 26.0. The van der Waals surface area contributed by atoms with Gasteiger partial charge >= 0.3 is 17.1 Å². The molecule has 1 heterocycles. The van der Waals surface area contributed by atoms with E-state index in [9.17, 15) is 0 Å². The SMILES string of the molecule is Clc1cccc(-c2nnc(C(c3ccc[cH-]3)N(Cc3ccccc3)Cc3ccccc3)o2)c1.[CH]1[CH][CH-]C=C1.[Fe+2]. The van der Waals surface area contributed by atoms with E-state index in [4.69, 9.17) is 16.0 Å². The van der Waals surface area contributed by atoms with E-state index in [-0.39, 0.29) is 23.1 Å². The zero-order valence-corrected chi connectivity index (χ0v) is 23.1. The second-order valence-electron chi connectivity index (χ2n) is 8.92. The van der Waals surface area contributed by atoms with Crippen LogP contribution in [-0.4, -0.2) is 15.1 Å². The van der Waals surface area contributed by atoms with E-state index < -0.39 is 0 Å². The quantitative estimate of drug-likeness (QED) is 0.139. The van der Waals surface area contributed by atoms with E-state index in [0.29, 0.717) is 16.8 Å². The molecule has 196 valence electrons. The third-order valence-electron chi connectivity index (χ3n) is 6.13. The Kier molecular flexibility index (Phi) is 10.7. The Bertz CT molecular complexity index is 1370. The van der Waals surface area contributed by atoms with Gasteiger partial charge in [0.15, 0.2) is 0 Å². The van der Waals surface area contributed by atoms with Gasteiger partial charge in [-0.2, -0.15) is 12.1 Å². The molecule has 2 radical (unpaired) electrons. The van der Waals surface area contributed by atoms with Crippen LogP contribution in [0.1, 0.15) is 28.6 Å². The van der Waals surface area contributed by atoms with Crippen molar-refractivity contribution in [3.63, 3.8) is 0 Å². The molecule has 1 atom stereocenters. The maximum absolute atomic E-state index is 6.24. The molecule has 0 bridgehead atoms. The van der Waals surface area contributed by atoms with Crippen LogP contribution in [0.4, 0.5) is 0 Å². The standard InChI is InChI=1S/C28H23ClN3O.C5H5.Fe/c29-25-17-9-16-24(18-25)27-30-31-28(33-27)26(23-14-7-8-15-23)32(19-21-10-3-1-4-11-21)20-22-12-5-2-6-13-22;1-2-4-5-3-1;/h1-18,26H,19-20H2;1-5H;/q2*-1;+2. The molecule has 0 aliphatic heterocycles. The van der Waals surface area contributed by atoms with E-state index >= 15 is 0 Å². The Balaban J connectivity index is 0.000000530. The summed E-state index contributed by atoms with van der Waals surface area (Å²) >= 11 is 6.18. The van der Waals surface area contributed by atoms with Crippen molar-refractivity contribution in [3.05, 3.63) is 168 Å². The molecule has 4 aromatic carbocycles. The van der Waals surface area contributed by atoms with E-state index in [2.05, 4.69) is 75.8 Å². The van der Waals surface area contributed by atoms with Gasteiger partial charge < -0.3 is 4.42 Å². The first-order valence-corrected chi connectivity index (χ1v) is 12.9. The molecule has 0 spiro atoms. The molecule has 0 saturated carbocycles. The van der Waals surface area contributed by atoms with Crippen molar-refractivity contribution < 1.29 is 21.5 Å². The van der Waals surface area contributed by atoms with Crippen LogP contribution >= 0.6 is 11.6 Å². The maximum Gasteiger partial charge on any atom is 2.00 e. The van der Waals surface area contributed by atoms with Crippen molar-refractivity contribution in [1.82, 2.24) is 15.1 Å². The monoisotopic (exact) mass is 573 g/mol. The molecule has 1 unspecified atom stereocenters. The Morgan fingerprint density at radius 1 is 0.821 bits per heavy atom. The predicted octanol–water partition coefficient (Wildman–Crippen LogP) is 8.07. The van der Waals surface area contributed by atoms with Crippen LogP contribution in [0.2, 0.25) is 5.02 Å². The van der Waals surface area contributed by atoms with Crippen molar-refractivity contribution in [2.45, 2.75) is 19.1 Å². The van der Waals surface area contributed by atoms with Crippen molar-refractivity contribution in [2.75, 3.05) is 0 Å². The van der Waals surface area contributed by atoms with Crippen molar-refractivity contribution in [3.8, 4) is 11.5 Å². The second kappa shape index (κ2) is 14.6. The number of allylic oxidation sites excluding steroid dienone is 2. The molecule has 1 aromatic heterocycles. The van der Waals surface area contributed by atoms with Gasteiger partial charge in [-0.05, 0) is 29.3 Å². The summed E-state index contributed by atoms with van der Waals surface area (Å²) in [6.07, 6.45) is 10.0. The van der Waals surface area contributed by atoms with Gasteiger partial charge in [-0.1, -0.05) is 78.3 Å². The number of hydrogen-bond acceptors (Lipinski definition) is 4. The van der Waals surface area contributed by atoms with Crippen LogP contribution in [0.3, 0.4) is 0 Å². The first-order chi connectivity index (χ1) is 18.8. The molecular formula is C33H28ClFeN3O. The number of aromatic nitrogens is 2. The predicted molar refractivity (Wildman–Crippen MR) is 153 cm³/mol. The normalized spacial score (nSPS) is 12.8. The zero-order valence-electron chi connectivity index (χ0n) is 21.3. The number of hydrogen-bond donors (Lipinski definition) is 0. The summed E-state index contributed by atoms with van der Waals surface area (Å²) in [6, 6.07) is 36.5. The minimum absolute atomic E-state index is 0. The molecule has 0 amide bonds. The summed E-state index contributed by atoms with van der Waals surface area (Å²) < 4.78 is 6.24. The van der Waals surface area contributed by atoms with Crippen LogP contribution in [0.15, 0.2) is 126 Å². The average Bonchev–Trinajstić information content (AvgIpc) is 3.76. The third-order valence-corrected chi connectivity index (χ3v) is 6.36. The number of benzene rings is 3. The fourth-order valence-corrected chi connectivity index (χ4v) is 4.55. The van der Waals surface area contributed by atoms with Crippen LogP contribution in [0.5, 0.6) is 0 Å². The van der Waals surface area contributed by atoms with Crippen molar-refractivity contribution >= 4 is 11.6 Å². The first-order valence-electron chi connectivity index (χ1n) is 12.6. The summed E-state index contributed by atoms with van der Waals surface area (Å²) in [4.78, 5) is 2.37. The fraction of sp³-hybridized carbons (Fsp3) is 0.0909. The summed E-state index contributed by atoms with van der Waals surface area (Å²) in [7, 11) is 0. The summed E-state index contributed by atoms with van der Waals surface area (Å²) in [5, 5.41) is 9.47. The Labute approximate surface area is 246 Å². The van der Waals surface area contributed by atoms with Gasteiger partial charge in [-0.3, -0.25) is 4.90 Å². The van der Waals surface area contributed by atoms with Gasteiger partial charge in [0.2, 0.25) is 11.8 Å². The van der Waals surface area contributed by atoms with E-state index in [1.54, 1.807) is 0 Å². The molecular weight excluding hydrogens is 546 g/mol. The first kappa shape index (κ1) is 28.5. The molecule has 5 aromatic rings. The smallest absolute Gasteiger partial charge is 0.419 e. The van der Waals surface area contributed by atoms with E-state index in [0.717, 1.165) is 24.2 Å². The molecule has 6 heteroatoms. The van der Waals surface area contributed by atoms with Gasteiger partial charge in [0.1, 0.15) is 0 Å². The molecule has 0 saturated heterocycles. The fourth-order valence-electron chi connectivity index (χ4n) is 4.36. The van der Waals surface area contributed by atoms with Gasteiger partial charge in [-0.25, -0.2) is 30.7 Å². The molecule has 0 N–H and O–H groups in total. The molecule has 6 rings (SSSR count). The van der Waals surface area contributed by atoms with Gasteiger partial charge in [0, 0.05) is 23.7 Å². The molecule has 39 heavy (non-hydrogen) atoms. The summed E-state index contributed by atoms with van der Waals surface area (Å²) in [5.41, 5.74) is 4.36. The Hall–Kier alpha value is -3.47. The van der Waals surface area contributed by atoms with Crippen LogP contribution in [-0.2, 0) is 30.2 Å². The van der Waals surface area contributed by atoms with Gasteiger partial charge in [0.05, 0.1) is 6.04 Å². The van der Waals surface area contributed by atoms with Crippen molar-refractivity contribution in [1.29, 1.82) is 0 Å². The average molecular weight is 574 g/mol. The largest absolute Gasteiger partial charge is 2.00 e. The molecule has 0 fully saturated rings. The number of nitrogens with zero attached hydrogens (tertiary/aromatic N) is 3. The molecule has 1 aliphatic rings. The third kappa shape index (κ3) is 8.01. The summed E-state index contributed by atoms with van der Waals surface area (Å²) in [5.74, 6) is 1.02. The Morgan fingerprint density at radius 2 is 1.54 bits per heavy atom. The van der Waals surface area contributed by atoms with Gasteiger partial charge in [0.25, 0.3) is 0 Å². The molecule has 4 nitrogen and oxygen atoms in total. The van der Waals surface area contributed by atoms with E-state index in [1.165, 1.54) is 11.1 Å². The Morgan fingerprint density at radius 3 is 2.08 bits per heavy atom. The second-order valence-corrected chi connectivity index (χ2v) is 9.35. The summed E-state index contributed by atoms with van der Waals surface area (Å²) in [6.45, 7) is 1.47. The molecule has 1 aliphatic carbocycles. The van der Waals surface area contributed by atoms with Gasteiger partial charge in [-0.15, -0.1) is 28.6 Å². The van der Waals surface area contributed by atoms with Crippen molar-refractivity contribution in [2.24, 2.45) is 0 Å². The van der Waals surface area contributed by atoms with Crippen LogP contribution in [0, 0.1) is 19.3 Å². The van der Waals surface area contributed by atoms with Crippen LogP contribution in [0.25, 0.3) is 11.5 Å². The number of halogens is 1. The minimum Gasteiger partial charge on any atom is -0.419 e. The maximum atomic E-state index is 6.24. The minimum atomic E-state index is -0.194. The number of rotatable bonds is 8. The van der Waals surface area contributed by atoms with Crippen LogP contribution < -0.4 is 0 Å². The topological polar surface area (TPSA) is 42.2 Å². The van der Waals surface area contributed by atoms with E-state index in [1.807, 2.05) is 79.9 Å².